The third kappa shape index (κ3) is 3.77. The highest BCUT2D eigenvalue weighted by Crippen LogP contribution is 2.29. The van der Waals surface area contributed by atoms with Gasteiger partial charge in [-0.1, -0.05) is 54.6 Å². The summed E-state index contributed by atoms with van der Waals surface area (Å²) in [5.74, 6) is 0. The quantitative estimate of drug-likeness (QED) is 0.434. The zero-order valence-corrected chi connectivity index (χ0v) is 16.3. The minimum Gasteiger partial charge on any atom is -0.341 e. The minimum absolute atomic E-state index is 0.498. The lowest BCUT2D eigenvalue weighted by atomic mass is 10.1. The van der Waals surface area contributed by atoms with E-state index in [2.05, 4.69) is 96.5 Å². The SMILES string of the molecule is CCn1c2ccccc2c2cc(CNC(C)CCc3ccccc3)ccc21. The average Bonchev–Trinajstić information content (AvgIpc) is 3.04. The molecule has 1 aromatic heterocycles. The van der Waals surface area contributed by atoms with Crippen LogP contribution in [0, 0.1) is 0 Å². The summed E-state index contributed by atoms with van der Waals surface area (Å²) in [7, 11) is 0. The Bertz CT molecular complexity index is 1030. The molecule has 0 amide bonds. The van der Waals surface area contributed by atoms with E-state index in [0.717, 1.165) is 25.9 Å². The van der Waals surface area contributed by atoms with E-state index >= 15 is 0 Å². The Kier molecular flexibility index (Phi) is 5.26. The number of nitrogens with one attached hydrogen (secondary N) is 1. The lowest BCUT2D eigenvalue weighted by molar-refractivity contribution is 0.514. The summed E-state index contributed by atoms with van der Waals surface area (Å²) in [6.07, 6.45) is 2.28. The lowest BCUT2D eigenvalue weighted by Crippen LogP contribution is -2.25. The van der Waals surface area contributed by atoms with Crippen molar-refractivity contribution in [2.75, 3.05) is 0 Å². The minimum atomic E-state index is 0.498. The van der Waals surface area contributed by atoms with Gasteiger partial charge in [0, 0.05) is 40.9 Å². The number of aromatic nitrogens is 1. The van der Waals surface area contributed by atoms with Crippen molar-refractivity contribution in [3.05, 3.63) is 83.9 Å². The first kappa shape index (κ1) is 17.8. The number of hydrogen-bond acceptors (Lipinski definition) is 1. The first-order valence-corrected chi connectivity index (χ1v) is 10.0. The summed E-state index contributed by atoms with van der Waals surface area (Å²) in [4.78, 5) is 0. The molecular formula is C25H28N2. The molecule has 2 nitrogen and oxygen atoms in total. The van der Waals surface area contributed by atoms with Gasteiger partial charge in [-0.25, -0.2) is 0 Å². The van der Waals surface area contributed by atoms with Gasteiger partial charge < -0.3 is 9.88 Å². The molecule has 3 aromatic carbocycles. The second kappa shape index (κ2) is 7.98. The molecule has 1 unspecified atom stereocenters. The van der Waals surface area contributed by atoms with Crippen molar-refractivity contribution >= 4 is 21.8 Å². The molecule has 138 valence electrons. The molecule has 0 saturated carbocycles. The van der Waals surface area contributed by atoms with Crippen LogP contribution in [0.5, 0.6) is 0 Å². The van der Waals surface area contributed by atoms with Gasteiger partial charge in [0.15, 0.2) is 0 Å². The second-order valence-corrected chi connectivity index (χ2v) is 7.42. The molecule has 0 aliphatic rings. The van der Waals surface area contributed by atoms with E-state index in [1.165, 1.54) is 32.9 Å². The van der Waals surface area contributed by atoms with Gasteiger partial charge in [0.05, 0.1) is 0 Å². The molecular weight excluding hydrogens is 328 g/mol. The number of fused-ring (bicyclic) bond motifs is 3. The monoisotopic (exact) mass is 356 g/mol. The van der Waals surface area contributed by atoms with Crippen LogP contribution in [-0.2, 0) is 19.5 Å². The lowest BCUT2D eigenvalue weighted by Gasteiger charge is -2.14. The van der Waals surface area contributed by atoms with Crippen LogP contribution in [-0.4, -0.2) is 10.6 Å². The smallest absolute Gasteiger partial charge is 0.0491 e. The Morgan fingerprint density at radius 3 is 2.37 bits per heavy atom. The van der Waals surface area contributed by atoms with E-state index < -0.39 is 0 Å². The molecule has 0 aliphatic heterocycles. The maximum atomic E-state index is 3.70. The summed E-state index contributed by atoms with van der Waals surface area (Å²) >= 11 is 0. The van der Waals surface area contributed by atoms with Gasteiger partial charge in [-0.15, -0.1) is 0 Å². The van der Waals surface area contributed by atoms with Gasteiger partial charge >= 0.3 is 0 Å². The van der Waals surface area contributed by atoms with Crippen molar-refractivity contribution in [2.24, 2.45) is 0 Å². The zero-order chi connectivity index (χ0) is 18.6. The predicted octanol–water partition coefficient (Wildman–Crippen LogP) is 5.93. The highest BCUT2D eigenvalue weighted by Gasteiger charge is 2.10. The molecule has 0 fully saturated rings. The third-order valence-corrected chi connectivity index (χ3v) is 5.52. The van der Waals surface area contributed by atoms with Gasteiger partial charge in [0.2, 0.25) is 0 Å². The summed E-state index contributed by atoms with van der Waals surface area (Å²) < 4.78 is 2.41. The van der Waals surface area contributed by atoms with Crippen molar-refractivity contribution in [3.8, 4) is 0 Å². The van der Waals surface area contributed by atoms with Crippen molar-refractivity contribution in [3.63, 3.8) is 0 Å². The van der Waals surface area contributed by atoms with Crippen LogP contribution in [0.2, 0.25) is 0 Å². The Morgan fingerprint density at radius 1 is 0.815 bits per heavy atom. The zero-order valence-electron chi connectivity index (χ0n) is 16.3. The van der Waals surface area contributed by atoms with Gasteiger partial charge in [-0.3, -0.25) is 0 Å². The maximum absolute atomic E-state index is 3.70. The summed E-state index contributed by atoms with van der Waals surface area (Å²) in [6, 6.07) is 26.9. The van der Waals surface area contributed by atoms with Crippen molar-refractivity contribution in [1.82, 2.24) is 9.88 Å². The highest BCUT2D eigenvalue weighted by atomic mass is 15.0. The topological polar surface area (TPSA) is 17.0 Å². The standard InChI is InChI=1S/C25H28N2/c1-3-27-24-12-8-7-11-22(24)23-17-21(15-16-25(23)27)18-26-19(2)13-14-20-9-5-4-6-10-20/h4-12,15-17,19,26H,3,13-14,18H2,1-2H3. The number of nitrogens with zero attached hydrogens (tertiary/aromatic N) is 1. The van der Waals surface area contributed by atoms with Crippen LogP contribution in [0.15, 0.2) is 72.8 Å². The summed E-state index contributed by atoms with van der Waals surface area (Å²) in [5.41, 5.74) is 5.43. The van der Waals surface area contributed by atoms with Crippen molar-refractivity contribution < 1.29 is 0 Å². The molecule has 4 rings (SSSR count). The fraction of sp³-hybridized carbons (Fsp3) is 0.280. The Labute approximate surface area is 161 Å². The molecule has 4 aromatic rings. The molecule has 2 heteroatoms. The molecule has 1 heterocycles. The van der Waals surface area contributed by atoms with E-state index in [1.807, 2.05) is 0 Å². The molecule has 0 spiro atoms. The van der Waals surface area contributed by atoms with Gasteiger partial charge in [0.25, 0.3) is 0 Å². The van der Waals surface area contributed by atoms with Crippen molar-refractivity contribution in [2.45, 2.75) is 45.8 Å². The molecule has 1 N–H and O–H groups in total. The van der Waals surface area contributed by atoms with E-state index in [-0.39, 0.29) is 0 Å². The van der Waals surface area contributed by atoms with Crippen LogP contribution in [0.25, 0.3) is 21.8 Å². The molecule has 27 heavy (non-hydrogen) atoms. The van der Waals surface area contributed by atoms with Crippen LogP contribution >= 0.6 is 0 Å². The van der Waals surface area contributed by atoms with Crippen LogP contribution < -0.4 is 5.32 Å². The number of hydrogen-bond donors (Lipinski definition) is 1. The molecule has 1 atom stereocenters. The van der Waals surface area contributed by atoms with E-state index in [9.17, 15) is 0 Å². The number of benzene rings is 3. The van der Waals surface area contributed by atoms with Crippen molar-refractivity contribution in [1.29, 1.82) is 0 Å². The van der Waals surface area contributed by atoms with Crippen LogP contribution in [0.4, 0.5) is 0 Å². The normalized spacial score (nSPS) is 12.7. The number of para-hydroxylation sites is 1. The van der Waals surface area contributed by atoms with Crippen LogP contribution in [0.1, 0.15) is 31.4 Å². The molecule has 0 aliphatic carbocycles. The van der Waals surface area contributed by atoms with Gasteiger partial charge in [0.1, 0.15) is 0 Å². The third-order valence-electron chi connectivity index (χ3n) is 5.52. The van der Waals surface area contributed by atoms with Gasteiger partial charge in [-0.2, -0.15) is 0 Å². The van der Waals surface area contributed by atoms with E-state index in [1.54, 1.807) is 0 Å². The summed E-state index contributed by atoms with van der Waals surface area (Å²) in [5, 5.41) is 6.42. The van der Waals surface area contributed by atoms with E-state index in [0.29, 0.717) is 6.04 Å². The average molecular weight is 357 g/mol. The fourth-order valence-corrected chi connectivity index (χ4v) is 3.97. The molecule has 0 saturated heterocycles. The number of rotatable bonds is 7. The second-order valence-electron chi connectivity index (χ2n) is 7.42. The summed E-state index contributed by atoms with van der Waals surface area (Å²) in [6.45, 7) is 6.41. The van der Waals surface area contributed by atoms with E-state index in [4.69, 9.17) is 0 Å². The fourth-order valence-electron chi connectivity index (χ4n) is 3.97. The molecule has 0 bridgehead atoms. The Morgan fingerprint density at radius 2 is 1.56 bits per heavy atom. The maximum Gasteiger partial charge on any atom is 0.0491 e. The molecule has 0 radical (unpaired) electrons. The predicted molar refractivity (Wildman–Crippen MR) is 116 cm³/mol. The Hall–Kier alpha value is -2.58. The largest absolute Gasteiger partial charge is 0.341 e. The van der Waals surface area contributed by atoms with Gasteiger partial charge in [-0.05, 0) is 56.0 Å². The first-order valence-electron chi connectivity index (χ1n) is 10.0. The highest BCUT2D eigenvalue weighted by molar-refractivity contribution is 6.08. The van der Waals surface area contributed by atoms with Crippen LogP contribution in [0.3, 0.4) is 0 Å². The number of aryl methyl sites for hydroxylation is 2. The Balaban J connectivity index is 1.47. The first-order chi connectivity index (χ1) is 13.3.